The zero-order valence-electron chi connectivity index (χ0n) is 17.1. The molecule has 2 aliphatic rings. The monoisotopic (exact) mass is 410 g/mol. The Morgan fingerprint density at radius 1 is 1.17 bits per heavy atom. The van der Waals surface area contributed by atoms with Gasteiger partial charge in [0.1, 0.15) is 11.3 Å². The summed E-state index contributed by atoms with van der Waals surface area (Å²) in [6, 6.07) is 4.90. The Labute approximate surface area is 174 Å². The molecule has 0 atom stereocenters. The number of hydrogen-bond donors (Lipinski definition) is 2. The van der Waals surface area contributed by atoms with Crippen LogP contribution in [0.5, 0.6) is 0 Å². The average Bonchev–Trinajstić information content (AvgIpc) is 3.00. The number of aromatic nitrogens is 2. The molecule has 9 heteroatoms. The molecule has 4 heterocycles. The summed E-state index contributed by atoms with van der Waals surface area (Å²) >= 11 is 0. The lowest BCUT2D eigenvalue weighted by Crippen LogP contribution is -2.35. The predicted molar refractivity (Wildman–Crippen MR) is 111 cm³/mol. The quantitative estimate of drug-likeness (QED) is 0.786. The van der Waals surface area contributed by atoms with E-state index in [1.54, 1.807) is 24.5 Å². The third-order valence-electron chi connectivity index (χ3n) is 5.49. The van der Waals surface area contributed by atoms with E-state index in [1.165, 1.54) is 18.0 Å². The number of pyridine rings is 2. The SMILES string of the molecule is CNC(=O)n1ccc(N2CCOCc3cc(C(=O)N4CCCCC4)cnc32)cc1=N. The van der Waals surface area contributed by atoms with Crippen molar-refractivity contribution in [3.05, 3.63) is 47.2 Å². The Morgan fingerprint density at radius 2 is 1.97 bits per heavy atom. The fourth-order valence-electron chi connectivity index (χ4n) is 3.90. The molecule has 0 radical (unpaired) electrons. The second-order valence-electron chi connectivity index (χ2n) is 7.46. The fraction of sp³-hybridized carbons (Fsp3) is 0.429. The summed E-state index contributed by atoms with van der Waals surface area (Å²) < 4.78 is 6.97. The minimum Gasteiger partial charge on any atom is -0.375 e. The van der Waals surface area contributed by atoms with Crippen LogP contribution in [0.15, 0.2) is 30.6 Å². The fourth-order valence-corrected chi connectivity index (χ4v) is 3.90. The Bertz CT molecular complexity index is 1010. The van der Waals surface area contributed by atoms with Gasteiger partial charge in [-0.05, 0) is 31.4 Å². The van der Waals surface area contributed by atoms with Crippen LogP contribution in [0.1, 0.15) is 35.2 Å². The normalized spacial score (nSPS) is 16.6. The van der Waals surface area contributed by atoms with E-state index in [4.69, 9.17) is 10.1 Å². The molecule has 0 bridgehead atoms. The molecule has 2 aromatic heterocycles. The predicted octanol–water partition coefficient (Wildman–Crippen LogP) is 1.84. The van der Waals surface area contributed by atoms with Gasteiger partial charge in [0, 0.05) is 56.4 Å². The second-order valence-corrected chi connectivity index (χ2v) is 7.46. The van der Waals surface area contributed by atoms with Gasteiger partial charge in [-0.2, -0.15) is 0 Å². The summed E-state index contributed by atoms with van der Waals surface area (Å²) in [5.41, 5.74) is 2.22. The number of nitrogens with one attached hydrogen (secondary N) is 2. The number of amides is 2. The zero-order valence-corrected chi connectivity index (χ0v) is 17.1. The number of piperidine rings is 1. The molecule has 2 aromatic rings. The molecular weight excluding hydrogens is 384 g/mol. The number of nitrogens with zero attached hydrogens (tertiary/aromatic N) is 4. The Kier molecular flexibility index (Phi) is 5.80. The van der Waals surface area contributed by atoms with Crippen molar-refractivity contribution in [1.82, 2.24) is 19.8 Å². The molecule has 1 fully saturated rings. The zero-order chi connectivity index (χ0) is 21.1. The summed E-state index contributed by atoms with van der Waals surface area (Å²) in [7, 11) is 1.53. The first kappa shape index (κ1) is 20.1. The maximum absolute atomic E-state index is 12.9. The number of carbonyl (C=O) groups is 2. The number of hydrogen-bond acceptors (Lipinski definition) is 6. The molecule has 0 saturated carbocycles. The first-order chi connectivity index (χ1) is 14.6. The van der Waals surface area contributed by atoms with Crippen molar-refractivity contribution in [3.8, 4) is 0 Å². The standard InChI is InChI=1S/C21H26N6O3/c1-23-21(29)27-8-5-17(12-18(27)22)26-9-10-30-14-16-11-15(13-24-19(16)26)20(28)25-6-3-2-4-7-25/h5,8,11-13,22H,2-4,6-7,9-10,14H2,1H3,(H,23,29). The van der Waals surface area contributed by atoms with E-state index in [0.29, 0.717) is 31.1 Å². The van der Waals surface area contributed by atoms with Gasteiger partial charge in [-0.15, -0.1) is 0 Å². The van der Waals surface area contributed by atoms with Gasteiger partial charge >= 0.3 is 6.03 Å². The van der Waals surface area contributed by atoms with Crippen LogP contribution in [0, 0.1) is 5.41 Å². The first-order valence-electron chi connectivity index (χ1n) is 10.2. The highest BCUT2D eigenvalue weighted by atomic mass is 16.5. The van der Waals surface area contributed by atoms with E-state index >= 15 is 0 Å². The van der Waals surface area contributed by atoms with Crippen molar-refractivity contribution < 1.29 is 14.3 Å². The van der Waals surface area contributed by atoms with Crippen LogP contribution in [0.3, 0.4) is 0 Å². The van der Waals surface area contributed by atoms with Gasteiger partial charge in [-0.3, -0.25) is 14.8 Å². The molecule has 4 rings (SSSR count). The van der Waals surface area contributed by atoms with Crippen LogP contribution in [0.25, 0.3) is 0 Å². The van der Waals surface area contributed by atoms with Crippen molar-refractivity contribution in [1.29, 1.82) is 5.41 Å². The van der Waals surface area contributed by atoms with E-state index in [0.717, 1.165) is 37.2 Å². The first-order valence-corrected chi connectivity index (χ1v) is 10.2. The highest BCUT2D eigenvalue weighted by molar-refractivity contribution is 5.94. The van der Waals surface area contributed by atoms with Crippen LogP contribution in [0.2, 0.25) is 0 Å². The van der Waals surface area contributed by atoms with Crippen molar-refractivity contribution in [2.24, 2.45) is 0 Å². The summed E-state index contributed by atoms with van der Waals surface area (Å²) in [4.78, 5) is 33.2. The number of carbonyl (C=O) groups excluding carboxylic acids is 2. The van der Waals surface area contributed by atoms with Gasteiger partial charge in [-0.25, -0.2) is 9.78 Å². The topological polar surface area (TPSA) is 104 Å². The summed E-state index contributed by atoms with van der Waals surface area (Å²) in [5, 5.41) is 10.7. The highest BCUT2D eigenvalue weighted by Crippen LogP contribution is 2.29. The lowest BCUT2D eigenvalue weighted by molar-refractivity contribution is 0.0723. The maximum Gasteiger partial charge on any atom is 0.326 e. The molecule has 9 nitrogen and oxygen atoms in total. The average molecular weight is 410 g/mol. The Hall–Kier alpha value is -3.20. The van der Waals surface area contributed by atoms with E-state index in [1.807, 2.05) is 15.9 Å². The van der Waals surface area contributed by atoms with Crippen LogP contribution in [-0.4, -0.2) is 59.7 Å². The molecule has 2 aliphatic heterocycles. The molecular formula is C21H26N6O3. The smallest absolute Gasteiger partial charge is 0.326 e. The third kappa shape index (κ3) is 3.93. The highest BCUT2D eigenvalue weighted by Gasteiger charge is 2.23. The van der Waals surface area contributed by atoms with Gasteiger partial charge in [0.15, 0.2) is 0 Å². The van der Waals surface area contributed by atoms with Crippen LogP contribution in [0.4, 0.5) is 16.3 Å². The largest absolute Gasteiger partial charge is 0.375 e. The van der Waals surface area contributed by atoms with E-state index in [-0.39, 0.29) is 17.4 Å². The summed E-state index contributed by atoms with van der Waals surface area (Å²) in [6.45, 7) is 3.01. The number of rotatable bonds is 2. The molecule has 0 spiro atoms. The molecule has 30 heavy (non-hydrogen) atoms. The molecule has 1 saturated heterocycles. The molecule has 2 amide bonds. The van der Waals surface area contributed by atoms with Gasteiger partial charge in [0.25, 0.3) is 5.91 Å². The number of likely N-dealkylation sites (tertiary alicyclic amines) is 1. The van der Waals surface area contributed by atoms with Gasteiger partial charge < -0.3 is 19.9 Å². The van der Waals surface area contributed by atoms with Gasteiger partial charge in [0.05, 0.1) is 18.8 Å². The molecule has 0 aliphatic carbocycles. The van der Waals surface area contributed by atoms with Crippen molar-refractivity contribution in [3.63, 3.8) is 0 Å². The maximum atomic E-state index is 12.9. The second kappa shape index (κ2) is 8.66. The van der Waals surface area contributed by atoms with Crippen LogP contribution in [-0.2, 0) is 11.3 Å². The lowest BCUT2D eigenvalue weighted by Gasteiger charge is -2.27. The van der Waals surface area contributed by atoms with Crippen LogP contribution >= 0.6 is 0 Å². The summed E-state index contributed by atoms with van der Waals surface area (Å²) in [6.07, 6.45) is 6.45. The van der Waals surface area contributed by atoms with E-state index < -0.39 is 0 Å². The van der Waals surface area contributed by atoms with Gasteiger partial charge in [-0.1, -0.05) is 0 Å². The molecule has 0 aromatic carbocycles. The van der Waals surface area contributed by atoms with Gasteiger partial charge in [0.2, 0.25) is 0 Å². The van der Waals surface area contributed by atoms with Crippen molar-refractivity contribution >= 4 is 23.4 Å². The summed E-state index contributed by atoms with van der Waals surface area (Å²) in [5.74, 6) is 0.723. The minimum atomic E-state index is -0.370. The molecule has 2 N–H and O–H groups in total. The Morgan fingerprint density at radius 3 is 2.70 bits per heavy atom. The van der Waals surface area contributed by atoms with Crippen molar-refractivity contribution in [2.45, 2.75) is 25.9 Å². The lowest BCUT2D eigenvalue weighted by atomic mass is 10.1. The number of anilines is 2. The van der Waals surface area contributed by atoms with Crippen LogP contribution < -0.4 is 15.7 Å². The minimum absolute atomic E-state index is 0.0144. The third-order valence-corrected chi connectivity index (χ3v) is 5.49. The molecule has 158 valence electrons. The Balaban J connectivity index is 1.65. The number of ether oxygens (including phenoxy) is 1. The number of fused-ring (bicyclic) bond motifs is 1. The van der Waals surface area contributed by atoms with E-state index in [9.17, 15) is 9.59 Å². The van der Waals surface area contributed by atoms with Crippen molar-refractivity contribution in [2.75, 3.05) is 38.2 Å². The molecule has 0 unspecified atom stereocenters. The van der Waals surface area contributed by atoms with E-state index in [2.05, 4.69) is 10.3 Å².